The van der Waals surface area contributed by atoms with Crippen LogP contribution in [0.1, 0.15) is 15.9 Å². The molecule has 0 radical (unpaired) electrons. The number of fused-ring (bicyclic) bond motifs is 2. The van der Waals surface area contributed by atoms with E-state index in [0.717, 1.165) is 38.9 Å². The van der Waals surface area contributed by atoms with Crippen molar-refractivity contribution in [2.75, 3.05) is 0 Å². The zero-order chi connectivity index (χ0) is 26.6. The summed E-state index contributed by atoms with van der Waals surface area (Å²) in [6.07, 6.45) is -1.48. The Morgan fingerprint density at radius 1 is 0.973 bits per heavy atom. The maximum absolute atomic E-state index is 11.6. The lowest BCUT2D eigenvalue weighted by Crippen LogP contribution is -2.21. The molecule has 0 bridgehead atoms. The maximum atomic E-state index is 11.6. The summed E-state index contributed by atoms with van der Waals surface area (Å²) in [6.45, 7) is 0.659. The first-order valence-electron chi connectivity index (χ1n) is 10.6. The maximum Gasteiger partial charge on any atom is 0.490 e. The minimum absolute atomic E-state index is 0.338. The van der Waals surface area contributed by atoms with Crippen LogP contribution in [0.5, 0.6) is 0 Å². The quantitative estimate of drug-likeness (QED) is 0.310. The van der Waals surface area contributed by atoms with Gasteiger partial charge in [0.05, 0.1) is 24.1 Å². The van der Waals surface area contributed by atoms with Crippen LogP contribution in [0.15, 0.2) is 79.3 Å². The second-order valence-electron chi connectivity index (χ2n) is 7.75. The van der Waals surface area contributed by atoms with Gasteiger partial charge in [-0.05, 0) is 48.0 Å². The fourth-order valence-corrected chi connectivity index (χ4v) is 3.59. The predicted octanol–water partition coefficient (Wildman–Crippen LogP) is 5.21. The van der Waals surface area contributed by atoms with Crippen LogP contribution in [0.3, 0.4) is 0 Å². The minimum atomic E-state index is -5.08. The fraction of sp³-hybridized carbons (Fsp3) is 0.0800. The molecule has 2 aromatic carbocycles. The van der Waals surface area contributed by atoms with Gasteiger partial charge in [0.15, 0.2) is 5.65 Å². The third-order valence-corrected chi connectivity index (χ3v) is 5.43. The lowest BCUT2D eigenvalue weighted by molar-refractivity contribution is -0.192. The van der Waals surface area contributed by atoms with Crippen LogP contribution in [0.25, 0.3) is 33.3 Å². The van der Waals surface area contributed by atoms with Gasteiger partial charge in [-0.25, -0.2) is 14.8 Å². The summed E-state index contributed by atoms with van der Waals surface area (Å²) in [6, 6.07) is 21.3. The second-order valence-corrected chi connectivity index (χ2v) is 7.94. The topological polar surface area (TPSA) is 110 Å². The van der Waals surface area contributed by atoms with Crippen molar-refractivity contribution in [3.8, 4) is 11.3 Å². The number of carboxylic acid groups (broad SMARTS) is 1. The minimum Gasteiger partial charge on any atom is -0.475 e. The van der Waals surface area contributed by atoms with Crippen LogP contribution < -0.4 is 4.84 Å². The van der Waals surface area contributed by atoms with Crippen LogP contribution in [0.2, 0.25) is 0 Å². The zero-order valence-electron chi connectivity index (χ0n) is 18.8. The average Bonchev–Trinajstić information content (AvgIpc) is 3.30. The number of alkyl halides is 3. The van der Waals surface area contributed by atoms with E-state index >= 15 is 0 Å². The van der Waals surface area contributed by atoms with Gasteiger partial charge in [0.25, 0.3) is 5.91 Å². The molecule has 0 saturated carbocycles. The lowest BCUT2D eigenvalue weighted by atomic mass is 10.1. The van der Waals surface area contributed by atoms with Crippen molar-refractivity contribution in [3.05, 3.63) is 90.4 Å². The van der Waals surface area contributed by atoms with E-state index in [2.05, 4.69) is 33.0 Å². The highest BCUT2D eigenvalue weighted by Crippen LogP contribution is 2.22. The summed E-state index contributed by atoms with van der Waals surface area (Å²) < 4.78 is 33.8. The molecule has 2 N–H and O–H groups in total. The Morgan fingerprint density at radius 3 is 2.35 bits per heavy atom. The highest BCUT2D eigenvalue weighted by molar-refractivity contribution is 6.24. The number of nitrogens with one attached hydrogen (secondary N) is 1. The molecule has 0 unspecified atom stereocenters. The summed E-state index contributed by atoms with van der Waals surface area (Å²) in [7, 11) is 0. The molecule has 0 spiro atoms. The van der Waals surface area contributed by atoms with Crippen LogP contribution in [-0.2, 0) is 11.3 Å². The van der Waals surface area contributed by atoms with Crippen LogP contribution in [-0.4, -0.2) is 42.7 Å². The number of carbonyl (C=O) groups is 2. The molecule has 0 aliphatic carbocycles. The number of rotatable bonds is 4. The van der Waals surface area contributed by atoms with E-state index < -0.39 is 12.1 Å². The van der Waals surface area contributed by atoms with Crippen LogP contribution >= 0.6 is 11.8 Å². The smallest absolute Gasteiger partial charge is 0.475 e. The predicted molar refractivity (Wildman–Crippen MR) is 131 cm³/mol. The van der Waals surface area contributed by atoms with Gasteiger partial charge in [0, 0.05) is 34.5 Å². The molecule has 8 nitrogen and oxygen atoms in total. The summed E-state index contributed by atoms with van der Waals surface area (Å²) >= 11 is 5.39. The number of amides is 1. The van der Waals surface area contributed by atoms with Crippen molar-refractivity contribution in [1.29, 1.82) is 0 Å². The first-order valence-corrected chi connectivity index (χ1v) is 11.0. The van der Waals surface area contributed by atoms with E-state index in [4.69, 9.17) is 26.7 Å². The monoisotopic (exact) mass is 527 g/mol. The van der Waals surface area contributed by atoms with E-state index in [0.29, 0.717) is 12.1 Å². The second kappa shape index (κ2) is 10.6. The lowest BCUT2D eigenvalue weighted by Gasteiger charge is -2.07. The molecule has 0 fully saturated rings. The average molecular weight is 528 g/mol. The van der Waals surface area contributed by atoms with Crippen molar-refractivity contribution in [2.24, 2.45) is 0 Å². The molecule has 0 saturated heterocycles. The van der Waals surface area contributed by atoms with E-state index in [1.807, 2.05) is 47.3 Å². The molecule has 188 valence electrons. The Bertz CT molecular complexity index is 1590. The number of aliphatic carboxylic acids is 1. The SMILES string of the molecule is O=C(NCl)c1ccc(-c2ccc3ncn(Cc4ccc5ncccc5c4)c3n2)cc1.O=C(O)C(F)(F)F. The molecule has 0 aliphatic rings. The standard InChI is InChI=1S/C23H16ClN5O.C2HF3O2/c24-28-23(30)17-6-4-16(5-7-17)20-9-10-21-22(27-20)29(14-26-21)13-15-3-8-19-18(12-15)2-1-11-25-19;3-2(4,5)1(6)7/h1-12,14H,13H2,(H,28,30);(H,6,7). The van der Waals surface area contributed by atoms with Crippen LogP contribution in [0, 0.1) is 0 Å². The number of hydrogen-bond acceptors (Lipinski definition) is 5. The number of imidazole rings is 1. The number of nitrogens with zero attached hydrogens (tertiary/aromatic N) is 4. The highest BCUT2D eigenvalue weighted by atomic mass is 35.5. The number of carbonyl (C=O) groups excluding carboxylic acids is 1. The molecule has 5 rings (SSSR count). The largest absolute Gasteiger partial charge is 0.490 e. The number of aromatic nitrogens is 4. The summed E-state index contributed by atoms with van der Waals surface area (Å²) in [5.74, 6) is -3.09. The molecule has 12 heteroatoms. The molecule has 3 aromatic heterocycles. The van der Waals surface area contributed by atoms with Gasteiger partial charge in [-0.1, -0.05) is 24.3 Å². The molecule has 0 aliphatic heterocycles. The van der Waals surface area contributed by atoms with Gasteiger partial charge in [0.2, 0.25) is 0 Å². The Kier molecular flexibility index (Phi) is 7.35. The van der Waals surface area contributed by atoms with Gasteiger partial charge in [0.1, 0.15) is 5.52 Å². The normalized spacial score (nSPS) is 11.1. The Balaban J connectivity index is 0.000000405. The number of benzene rings is 2. The van der Waals surface area contributed by atoms with E-state index in [9.17, 15) is 18.0 Å². The van der Waals surface area contributed by atoms with Gasteiger partial charge in [-0.15, -0.1) is 0 Å². The van der Waals surface area contributed by atoms with E-state index in [1.54, 1.807) is 18.3 Å². The van der Waals surface area contributed by atoms with Gasteiger partial charge >= 0.3 is 12.1 Å². The number of halogens is 4. The molecule has 37 heavy (non-hydrogen) atoms. The van der Waals surface area contributed by atoms with Gasteiger partial charge in [-0.3, -0.25) is 14.6 Å². The van der Waals surface area contributed by atoms with Crippen molar-refractivity contribution in [2.45, 2.75) is 12.7 Å². The van der Waals surface area contributed by atoms with E-state index in [1.165, 1.54) is 0 Å². The molecule has 3 heterocycles. The zero-order valence-corrected chi connectivity index (χ0v) is 19.5. The molecular formula is C25H17ClF3N5O3. The van der Waals surface area contributed by atoms with E-state index in [-0.39, 0.29) is 5.91 Å². The summed E-state index contributed by atoms with van der Waals surface area (Å²) in [4.78, 5) is 36.3. The van der Waals surface area contributed by atoms with Crippen molar-refractivity contribution in [3.63, 3.8) is 0 Å². The third kappa shape index (κ3) is 6.01. The molecule has 1 amide bonds. The van der Waals surface area contributed by atoms with Gasteiger partial charge in [-0.2, -0.15) is 13.2 Å². The van der Waals surface area contributed by atoms with Crippen molar-refractivity contribution < 1.29 is 27.9 Å². The summed E-state index contributed by atoms with van der Waals surface area (Å²) in [5.41, 5.74) is 5.98. The van der Waals surface area contributed by atoms with Crippen molar-refractivity contribution in [1.82, 2.24) is 24.4 Å². The third-order valence-electron chi connectivity index (χ3n) is 5.25. The molecule has 5 aromatic rings. The molecular weight excluding hydrogens is 511 g/mol. The highest BCUT2D eigenvalue weighted by Gasteiger charge is 2.38. The first-order chi connectivity index (χ1) is 17.7. The first kappa shape index (κ1) is 25.6. The van der Waals surface area contributed by atoms with Crippen LogP contribution in [0.4, 0.5) is 13.2 Å². The molecule has 0 atom stereocenters. The van der Waals surface area contributed by atoms with Gasteiger partial charge < -0.3 is 9.67 Å². The Morgan fingerprint density at radius 2 is 1.68 bits per heavy atom. The number of hydrogen-bond donors (Lipinski definition) is 2. The Labute approximate surface area is 212 Å². The van der Waals surface area contributed by atoms with Crippen molar-refractivity contribution >= 4 is 45.7 Å². The number of carboxylic acids is 1. The summed E-state index contributed by atoms with van der Waals surface area (Å²) in [5, 5.41) is 8.23. The Hall–Kier alpha value is -4.51. The number of pyridine rings is 2. The fourth-order valence-electron chi connectivity index (χ4n) is 3.48.